The second kappa shape index (κ2) is 9.41. The number of rotatable bonds is 5. The first kappa shape index (κ1) is 23.2. The van der Waals surface area contributed by atoms with Gasteiger partial charge >= 0.3 is 0 Å². The maximum atomic E-state index is 13.3. The van der Waals surface area contributed by atoms with E-state index >= 15 is 0 Å². The minimum absolute atomic E-state index is 0.233. The molecule has 0 aliphatic carbocycles. The van der Waals surface area contributed by atoms with Gasteiger partial charge in [-0.25, -0.2) is 4.68 Å². The summed E-state index contributed by atoms with van der Waals surface area (Å²) in [4.78, 5) is 18.5. The number of thiazole rings is 1. The lowest BCUT2D eigenvalue weighted by atomic mass is 10.1. The van der Waals surface area contributed by atoms with Crippen LogP contribution in [0.5, 0.6) is 17.2 Å². The molecule has 10 heteroatoms. The highest BCUT2D eigenvalue weighted by Crippen LogP contribution is 2.35. The van der Waals surface area contributed by atoms with Gasteiger partial charge in [-0.1, -0.05) is 29.5 Å². The second-order valence-electron chi connectivity index (χ2n) is 8.85. The lowest BCUT2D eigenvalue weighted by Gasteiger charge is -2.18. The van der Waals surface area contributed by atoms with Gasteiger partial charge in [-0.05, 0) is 60.7 Å². The summed E-state index contributed by atoms with van der Waals surface area (Å²) >= 11 is 1.29. The Labute approximate surface area is 226 Å². The summed E-state index contributed by atoms with van der Waals surface area (Å²) in [6.45, 7) is 1.02. The molecule has 0 amide bonds. The van der Waals surface area contributed by atoms with E-state index in [1.165, 1.54) is 15.9 Å². The SMILES string of the molecule is COc1ccc(-c2nc3sc(=Cc4cn(-c5ccccc5)nc4-c4ccc5c(c4)OCCO5)c(=O)n3n2)cc1. The molecule has 0 bridgehead atoms. The molecule has 0 atom stereocenters. The predicted octanol–water partition coefficient (Wildman–Crippen LogP) is 4.00. The summed E-state index contributed by atoms with van der Waals surface area (Å²) < 4.78 is 20.4. The molecule has 0 spiro atoms. The zero-order valence-corrected chi connectivity index (χ0v) is 21.6. The number of fused-ring (bicyclic) bond motifs is 2. The third kappa shape index (κ3) is 4.20. The monoisotopic (exact) mass is 535 g/mol. The fourth-order valence-electron chi connectivity index (χ4n) is 4.46. The Hall–Kier alpha value is -4.96. The average Bonchev–Trinajstić information content (AvgIpc) is 3.68. The number of methoxy groups -OCH3 is 1. The highest BCUT2D eigenvalue weighted by molar-refractivity contribution is 7.15. The minimum atomic E-state index is -0.233. The lowest BCUT2D eigenvalue weighted by Crippen LogP contribution is -2.23. The summed E-state index contributed by atoms with van der Waals surface area (Å²) in [5.41, 5.74) is 3.84. The summed E-state index contributed by atoms with van der Waals surface area (Å²) in [7, 11) is 1.62. The molecule has 0 saturated heterocycles. The first-order valence-corrected chi connectivity index (χ1v) is 13.1. The summed E-state index contributed by atoms with van der Waals surface area (Å²) in [6, 6.07) is 23.0. The maximum absolute atomic E-state index is 13.3. The first-order valence-electron chi connectivity index (χ1n) is 12.3. The average molecular weight is 536 g/mol. The Balaban J connectivity index is 1.33. The van der Waals surface area contributed by atoms with Crippen LogP contribution in [0.2, 0.25) is 0 Å². The summed E-state index contributed by atoms with van der Waals surface area (Å²) in [5, 5.41) is 9.35. The van der Waals surface area contributed by atoms with Gasteiger partial charge in [0.25, 0.3) is 5.56 Å². The standard InChI is InChI=1S/C29H21N5O4S/c1-36-22-10-7-18(8-11-22)27-30-29-34(32-27)28(35)25(39-29)16-20-17-33(21-5-3-2-4-6-21)31-26(20)19-9-12-23-24(15-19)38-14-13-37-23/h2-12,15-17H,13-14H2,1H3. The molecule has 1 aliphatic heterocycles. The quantitative estimate of drug-likeness (QED) is 0.330. The molecule has 0 unspecified atom stereocenters. The van der Waals surface area contributed by atoms with E-state index in [2.05, 4.69) is 10.1 Å². The van der Waals surface area contributed by atoms with Crippen LogP contribution in [0, 0.1) is 0 Å². The van der Waals surface area contributed by atoms with E-state index in [0.717, 1.165) is 28.1 Å². The van der Waals surface area contributed by atoms with Crippen molar-refractivity contribution < 1.29 is 14.2 Å². The van der Waals surface area contributed by atoms with Crippen LogP contribution in [0.15, 0.2) is 83.8 Å². The molecular formula is C29H21N5O4S. The van der Waals surface area contributed by atoms with Gasteiger partial charge in [-0.3, -0.25) is 4.79 Å². The van der Waals surface area contributed by atoms with Crippen molar-refractivity contribution >= 4 is 22.4 Å². The zero-order chi connectivity index (χ0) is 26.3. The Morgan fingerprint density at radius 3 is 2.46 bits per heavy atom. The Bertz CT molecular complexity index is 1930. The van der Waals surface area contributed by atoms with Crippen molar-refractivity contribution in [1.82, 2.24) is 24.4 Å². The van der Waals surface area contributed by atoms with Crippen LogP contribution in [-0.4, -0.2) is 44.7 Å². The molecule has 0 N–H and O–H groups in total. The number of aromatic nitrogens is 5. The van der Waals surface area contributed by atoms with Gasteiger partial charge in [-0.2, -0.15) is 14.6 Å². The van der Waals surface area contributed by atoms with Crippen molar-refractivity contribution in [2.45, 2.75) is 0 Å². The van der Waals surface area contributed by atoms with Crippen LogP contribution >= 0.6 is 11.3 Å². The van der Waals surface area contributed by atoms with Crippen molar-refractivity contribution in [3.05, 3.63) is 99.4 Å². The Kier molecular flexibility index (Phi) is 5.59. The molecule has 3 aromatic heterocycles. The smallest absolute Gasteiger partial charge is 0.291 e. The fraction of sp³-hybridized carbons (Fsp3) is 0.103. The van der Waals surface area contributed by atoms with Gasteiger partial charge < -0.3 is 14.2 Å². The Morgan fingerprint density at radius 1 is 0.923 bits per heavy atom. The van der Waals surface area contributed by atoms with Gasteiger partial charge in [0.1, 0.15) is 24.7 Å². The zero-order valence-electron chi connectivity index (χ0n) is 20.8. The van der Waals surface area contributed by atoms with Crippen molar-refractivity contribution in [2.75, 3.05) is 20.3 Å². The van der Waals surface area contributed by atoms with Gasteiger partial charge in [0.05, 0.1) is 17.3 Å². The third-order valence-electron chi connectivity index (χ3n) is 6.40. The number of hydrogen-bond donors (Lipinski definition) is 0. The van der Waals surface area contributed by atoms with Crippen LogP contribution in [0.4, 0.5) is 0 Å². The van der Waals surface area contributed by atoms with Gasteiger partial charge in [0.15, 0.2) is 17.3 Å². The molecule has 6 aromatic rings. The van der Waals surface area contributed by atoms with Crippen LogP contribution < -0.4 is 24.3 Å². The van der Waals surface area contributed by atoms with Crippen LogP contribution in [0.1, 0.15) is 5.56 Å². The first-order chi connectivity index (χ1) is 19.2. The molecule has 1 aliphatic rings. The fourth-order valence-corrected chi connectivity index (χ4v) is 5.36. The van der Waals surface area contributed by atoms with Crippen molar-refractivity contribution in [3.63, 3.8) is 0 Å². The maximum Gasteiger partial charge on any atom is 0.291 e. The van der Waals surface area contributed by atoms with Crippen LogP contribution in [0.25, 0.3) is 39.4 Å². The molecule has 0 radical (unpaired) electrons. The molecule has 3 aromatic carbocycles. The lowest BCUT2D eigenvalue weighted by molar-refractivity contribution is 0.171. The molecule has 7 rings (SSSR count). The van der Waals surface area contributed by atoms with Crippen molar-refractivity contribution in [3.8, 4) is 45.6 Å². The number of nitrogens with zero attached hydrogens (tertiary/aromatic N) is 5. The molecule has 39 heavy (non-hydrogen) atoms. The van der Waals surface area contributed by atoms with E-state index < -0.39 is 0 Å². The number of hydrogen-bond acceptors (Lipinski definition) is 8. The van der Waals surface area contributed by atoms with Gasteiger partial charge in [0, 0.05) is 22.9 Å². The van der Waals surface area contributed by atoms with E-state index in [1.807, 2.05) is 85.1 Å². The van der Waals surface area contributed by atoms with E-state index in [0.29, 0.717) is 45.7 Å². The number of ether oxygens (including phenoxy) is 3. The highest BCUT2D eigenvalue weighted by Gasteiger charge is 2.18. The van der Waals surface area contributed by atoms with Crippen molar-refractivity contribution in [2.24, 2.45) is 0 Å². The molecule has 4 heterocycles. The van der Waals surface area contributed by atoms with E-state index in [1.54, 1.807) is 11.8 Å². The third-order valence-corrected chi connectivity index (χ3v) is 7.35. The van der Waals surface area contributed by atoms with E-state index in [9.17, 15) is 4.79 Å². The molecule has 0 fully saturated rings. The predicted molar refractivity (Wildman–Crippen MR) is 148 cm³/mol. The number of benzene rings is 3. The second-order valence-corrected chi connectivity index (χ2v) is 9.85. The Morgan fingerprint density at radius 2 is 1.69 bits per heavy atom. The molecular weight excluding hydrogens is 514 g/mol. The van der Waals surface area contributed by atoms with E-state index in [4.69, 9.17) is 19.3 Å². The van der Waals surface area contributed by atoms with Crippen LogP contribution in [-0.2, 0) is 0 Å². The van der Waals surface area contributed by atoms with Gasteiger partial charge in [-0.15, -0.1) is 5.10 Å². The summed E-state index contributed by atoms with van der Waals surface area (Å²) in [5.74, 6) is 2.61. The molecule has 9 nitrogen and oxygen atoms in total. The summed E-state index contributed by atoms with van der Waals surface area (Å²) in [6.07, 6.45) is 3.76. The number of para-hydroxylation sites is 1. The minimum Gasteiger partial charge on any atom is -0.497 e. The molecule has 0 saturated carbocycles. The molecule has 192 valence electrons. The topological polar surface area (TPSA) is 92.8 Å². The van der Waals surface area contributed by atoms with Crippen LogP contribution in [0.3, 0.4) is 0 Å². The van der Waals surface area contributed by atoms with Crippen molar-refractivity contribution in [1.29, 1.82) is 0 Å². The van der Waals surface area contributed by atoms with Gasteiger partial charge in [0.2, 0.25) is 4.96 Å². The largest absolute Gasteiger partial charge is 0.497 e. The highest BCUT2D eigenvalue weighted by atomic mass is 32.1. The normalized spacial score (nSPS) is 13.2. The van der Waals surface area contributed by atoms with E-state index in [-0.39, 0.29) is 5.56 Å².